The smallest absolute Gasteiger partial charge is 0.262 e. The molecular weight excluding hydrogens is 334 g/mol. The molecule has 6 heteroatoms. The summed E-state index contributed by atoms with van der Waals surface area (Å²) >= 11 is 3.44. The minimum atomic E-state index is 0.417. The summed E-state index contributed by atoms with van der Waals surface area (Å²) in [6.45, 7) is 3.32. The Hall–Kier alpha value is -1.82. The molecule has 5 nitrogen and oxygen atoms in total. The van der Waals surface area contributed by atoms with Crippen LogP contribution in [0.2, 0.25) is 0 Å². The van der Waals surface area contributed by atoms with E-state index in [0.29, 0.717) is 24.1 Å². The van der Waals surface area contributed by atoms with E-state index in [4.69, 9.17) is 9.47 Å². The van der Waals surface area contributed by atoms with E-state index in [9.17, 15) is 0 Å². The Balaban J connectivity index is 2.12. The molecule has 0 radical (unpaired) electrons. The van der Waals surface area contributed by atoms with Gasteiger partial charge in [0, 0.05) is 11.0 Å². The van der Waals surface area contributed by atoms with Gasteiger partial charge in [-0.2, -0.15) is 4.98 Å². The van der Waals surface area contributed by atoms with Crippen molar-refractivity contribution in [2.75, 3.05) is 19.0 Å². The van der Waals surface area contributed by atoms with E-state index < -0.39 is 0 Å². The largest absolute Gasteiger partial charge is 0.489 e. The van der Waals surface area contributed by atoms with Gasteiger partial charge < -0.3 is 14.8 Å². The van der Waals surface area contributed by atoms with Gasteiger partial charge >= 0.3 is 0 Å². The van der Waals surface area contributed by atoms with Crippen LogP contribution >= 0.6 is 15.9 Å². The molecule has 21 heavy (non-hydrogen) atoms. The lowest BCUT2D eigenvalue weighted by Crippen LogP contribution is -2.07. The van der Waals surface area contributed by atoms with E-state index >= 15 is 0 Å². The number of halogens is 1. The van der Waals surface area contributed by atoms with Crippen LogP contribution in [0.3, 0.4) is 0 Å². The number of hydrogen-bond acceptors (Lipinski definition) is 5. The number of aromatic nitrogens is 2. The van der Waals surface area contributed by atoms with Gasteiger partial charge in [0.05, 0.1) is 7.11 Å². The third kappa shape index (κ3) is 4.32. The molecule has 2 rings (SSSR count). The van der Waals surface area contributed by atoms with Crippen LogP contribution in [-0.2, 0) is 6.61 Å². The summed E-state index contributed by atoms with van der Waals surface area (Å²) in [5, 5.41) is 3.20. The first-order valence-corrected chi connectivity index (χ1v) is 7.54. The molecule has 0 spiro atoms. The molecular formula is C15H18BrN3O2. The zero-order valence-corrected chi connectivity index (χ0v) is 13.7. The fraction of sp³-hybridized carbons (Fsp3) is 0.333. The number of methoxy groups -OCH3 is 1. The van der Waals surface area contributed by atoms with Crippen molar-refractivity contribution in [2.24, 2.45) is 0 Å². The Bertz CT molecular complexity index is 593. The van der Waals surface area contributed by atoms with Gasteiger partial charge in [-0.25, -0.2) is 4.98 Å². The highest BCUT2D eigenvalue weighted by molar-refractivity contribution is 9.10. The standard InChI is InChI=1S/C15H18BrN3O2/c1-3-7-17-14-13(20-2)15(19-10-18-14)21-9-11-5-4-6-12(16)8-11/h4-6,8,10H,3,7,9H2,1-2H3,(H,17,18,19). The summed E-state index contributed by atoms with van der Waals surface area (Å²) in [6, 6.07) is 7.94. The topological polar surface area (TPSA) is 56.3 Å². The number of hydrogen-bond donors (Lipinski definition) is 1. The van der Waals surface area contributed by atoms with Crippen LogP contribution in [0.4, 0.5) is 5.82 Å². The fourth-order valence-corrected chi connectivity index (χ4v) is 2.24. The van der Waals surface area contributed by atoms with Crippen LogP contribution in [-0.4, -0.2) is 23.6 Å². The second kappa shape index (κ2) is 7.83. The highest BCUT2D eigenvalue weighted by Gasteiger charge is 2.13. The minimum absolute atomic E-state index is 0.417. The highest BCUT2D eigenvalue weighted by atomic mass is 79.9. The first-order valence-electron chi connectivity index (χ1n) is 6.74. The first kappa shape index (κ1) is 15.6. The second-order valence-corrected chi connectivity index (χ2v) is 5.32. The molecule has 0 saturated heterocycles. The van der Waals surface area contributed by atoms with Crippen LogP contribution in [0.25, 0.3) is 0 Å². The lowest BCUT2D eigenvalue weighted by atomic mass is 10.2. The number of benzene rings is 1. The van der Waals surface area contributed by atoms with E-state index in [2.05, 4.69) is 38.1 Å². The van der Waals surface area contributed by atoms with E-state index in [-0.39, 0.29) is 0 Å². The molecule has 2 aromatic rings. The summed E-state index contributed by atoms with van der Waals surface area (Å²) in [5.74, 6) is 1.62. The lowest BCUT2D eigenvalue weighted by Gasteiger charge is -2.13. The van der Waals surface area contributed by atoms with Crippen LogP contribution in [0, 0.1) is 0 Å². The van der Waals surface area contributed by atoms with Crippen molar-refractivity contribution < 1.29 is 9.47 Å². The number of nitrogens with zero attached hydrogens (tertiary/aromatic N) is 2. The van der Waals surface area contributed by atoms with E-state index in [0.717, 1.165) is 23.0 Å². The first-order chi connectivity index (χ1) is 10.2. The number of ether oxygens (including phenoxy) is 2. The molecule has 1 N–H and O–H groups in total. The average molecular weight is 352 g/mol. The zero-order chi connectivity index (χ0) is 15.1. The summed E-state index contributed by atoms with van der Waals surface area (Å²) in [5.41, 5.74) is 1.05. The van der Waals surface area contributed by atoms with Gasteiger partial charge in [-0.05, 0) is 24.1 Å². The van der Waals surface area contributed by atoms with Crippen molar-refractivity contribution >= 4 is 21.7 Å². The normalized spacial score (nSPS) is 10.2. The Morgan fingerprint density at radius 1 is 1.29 bits per heavy atom. The number of nitrogens with one attached hydrogen (secondary N) is 1. The van der Waals surface area contributed by atoms with Crippen LogP contribution < -0.4 is 14.8 Å². The summed E-state index contributed by atoms with van der Waals surface area (Å²) in [6.07, 6.45) is 2.47. The zero-order valence-electron chi connectivity index (χ0n) is 12.1. The molecule has 1 aromatic heterocycles. The number of rotatable bonds is 7. The van der Waals surface area contributed by atoms with Gasteiger partial charge in [0.25, 0.3) is 5.88 Å². The summed E-state index contributed by atoms with van der Waals surface area (Å²) in [4.78, 5) is 8.33. The Morgan fingerprint density at radius 3 is 2.86 bits per heavy atom. The highest BCUT2D eigenvalue weighted by Crippen LogP contribution is 2.31. The molecule has 1 heterocycles. The van der Waals surface area contributed by atoms with Gasteiger partial charge in [-0.1, -0.05) is 35.0 Å². The maximum absolute atomic E-state index is 5.75. The molecule has 0 aliphatic carbocycles. The van der Waals surface area contributed by atoms with Crippen molar-refractivity contribution in [3.05, 3.63) is 40.6 Å². The lowest BCUT2D eigenvalue weighted by molar-refractivity contribution is 0.272. The molecule has 0 fully saturated rings. The molecule has 112 valence electrons. The van der Waals surface area contributed by atoms with E-state index in [1.165, 1.54) is 6.33 Å². The predicted octanol–water partition coefficient (Wildman–Crippen LogP) is 3.65. The molecule has 0 bridgehead atoms. The Labute approximate surface area is 132 Å². The van der Waals surface area contributed by atoms with Crippen molar-refractivity contribution in [2.45, 2.75) is 20.0 Å². The van der Waals surface area contributed by atoms with Crippen molar-refractivity contribution in [3.63, 3.8) is 0 Å². The predicted molar refractivity (Wildman–Crippen MR) is 85.8 cm³/mol. The van der Waals surface area contributed by atoms with Gasteiger partial charge in [-0.15, -0.1) is 0 Å². The molecule has 0 atom stereocenters. The van der Waals surface area contributed by atoms with E-state index in [1.54, 1.807) is 7.11 Å². The van der Waals surface area contributed by atoms with Crippen molar-refractivity contribution in [3.8, 4) is 11.6 Å². The second-order valence-electron chi connectivity index (χ2n) is 4.41. The Morgan fingerprint density at radius 2 is 2.14 bits per heavy atom. The van der Waals surface area contributed by atoms with Crippen molar-refractivity contribution in [1.29, 1.82) is 0 Å². The van der Waals surface area contributed by atoms with Crippen molar-refractivity contribution in [1.82, 2.24) is 9.97 Å². The molecule has 0 unspecified atom stereocenters. The van der Waals surface area contributed by atoms with Gasteiger partial charge in [0.1, 0.15) is 12.9 Å². The SMILES string of the molecule is CCCNc1ncnc(OCc2cccc(Br)c2)c1OC. The Kier molecular flexibility index (Phi) is 5.80. The molecule has 1 aromatic carbocycles. The molecule has 0 aliphatic heterocycles. The summed E-state index contributed by atoms with van der Waals surface area (Å²) < 4.78 is 12.1. The molecule has 0 saturated carbocycles. The van der Waals surface area contributed by atoms with Gasteiger partial charge in [0.2, 0.25) is 5.75 Å². The third-order valence-corrected chi connectivity index (χ3v) is 3.28. The minimum Gasteiger partial charge on any atom is -0.489 e. The molecule has 0 aliphatic rings. The quantitative estimate of drug-likeness (QED) is 0.824. The fourth-order valence-electron chi connectivity index (χ4n) is 1.79. The third-order valence-electron chi connectivity index (χ3n) is 2.78. The van der Waals surface area contributed by atoms with Gasteiger partial charge in [-0.3, -0.25) is 0 Å². The average Bonchev–Trinajstić information content (AvgIpc) is 2.50. The van der Waals surface area contributed by atoms with Crippen LogP contribution in [0.5, 0.6) is 11.6 Å². The van der Waals surface area contributed by atoms with E-state index in [1.807, 2.05) is 24.3 Å². The maximum Gasteiger partial charge on any atom is 0.262 e. The summed E-state index contributed by atoms with van der Waals surface area (Å²) in [7, 11) is 1.59. The molecule has 0 amide bonds. The monoisotopic (exact) mass is 351 g/mol. The van der Waals surface area contributed by atoms with Gasteiger partial charge in [0.15, 0.2) is 5.82 Å². The number of anilines is 1. The van der Waals surface area contributed by atoms with Crippen LogP contribution in [0.1, 0.15) is 18.9 Å². The maximum atomic E-state index is 5.75. The van der Waals surface area contributed by atoms with Crippen LogP contribution in [0.15, 0.2) is 35.1 Å².